The van der Waals surface area contributed by atoms with Gasteiger partial charge in [-0.15, -0.1) is 0 Å². The molecule has 6 heteroatoms. The van der Waals surface area contributed by atoms with Gasteiger partial charge in [-0.1, -0.05) is 13.8 Å². The molecule has 0 aromatic heterocycles. The Kier molecular flexibility index (Phi) is 4.08. The SMILES string of the molecule is COC(=O)[C@H]1C[C@@H]2O[C@@]23[C@@H]2CC[C@@H]4C[C@H](OC(C)=O)CC[C@]4(C)[C@H]2C(=O)C[C@]13C. The molecule has 4 aliphatic carbocycles. The number of carbonyl (C=O) groups is 3. The van der Waals surface area contributed by atoms with Crippen LogP contribution in [0.5, 0.6) is 0 Å². The van der Waals surface area contributed by atoms with E-state index in [1.165, 1.54) is 14.0 Å². The fourth-order valence-electron chi connectivity index (χ4n) is 8.30. The fraction of sp³-hybridized carbons (Fsp3) is 0.870. The van der Waals surface area contributed by atoms with Crippen LogP contribution < -0.4 is 0 Å². The van der Waals surface area contributed by atoms with Crippen molar-refractivity contribution in [3.8, 4) is 0 Å². The van der Waals surface area contributed by atoms with Crippen LogP contribution in [0.2, 0.25) is 0 Å². The summed E-state index contributed by atoms with van der Waals surface area (Å²) < 4.78 is 17.0. The van der Waals surface area contributed by atoms with Gasteiger partial charge in [-0.2, -0.15) is 0 Å². The minimum Gasteiger partial charge on any atom is -0.469 e. The second-order valence-corrected chi connectivity index (χ2v) is 10.6. The first kappa shape index (κ1) is 19.5. The van der Waals surface area contributed by atoms with Crippen molar-refractivity contribution in [3.63, 3.8) is 0 Å². The summed E-state index contributed by atoms with van der Waals surface area (Å²) in [6.07, 6.45) is 5.69. The Balaban J connectivity index is 1.46. The molecule has 0 aromatic rings. The Morgan fingerprint density at radius 1 is 1.14 bits per heavy atom. The normalized spacial score (nSPS) is 52.5. The number of epoxide rings is 1. The lowest BCUT2D eigenvalue weighted by Gasteiger charge is -2.59. The van der Waals surface area contributed by atoms with Gasteiger partial charge in [-0.25, -0.2) is 0 Å². The van der Waals surface area contributed by atoms with E-state index in [2.05, 4.69) is 13.8 Å². The van der Waals surface area contributed by atoms with Gasteiger partial charge in [0.15, 0.2) is 0 Å². The highest BCUT2D eigenvalue weighted by atomic mass is 16.6. The lowest BCUT2D eigenvalue weighted by molar-refractivity contribution is -0.179. The van der Waals surface area contributed by atoms with Gasteiger partial charge in [-0.05, 0) is 49.9 Å². The number of fused-ring (bicyclic) bond motifs is 3. The molecule has 0 radical (unpaired) electrons. The van der Waals surface area contributed by atoms with Gasteiger partial charge >= 0.3 is 11.9 Å². The van der Waals surface area contributed by atoms with E-state index >= 15 is 0 Å². The maximum absolute atomic E-state index is 13.6. The molecule has 0 N–H and O–H groups in total. The second-order valence-electron chi connectivity index (χ2n) is 10.6. The predicted molar refractivity (Wildman–Crippen MR) is 103 cm³/mol. The molecule has 4 saturated carbocycles. The number of carbonyl (C=O) groups excluding carboxylic acids is 3. The van der Waals surface area contributed by atoms with E-state index in [0.29, 0.717) is 24.5 Å². The molecular weight excluding hydrogens is 372 g/mol. The van der Waals surface area contributed by atoms with Crippen LogP contribution in [-0.4, -0.2) is 42.6 Å². The predicted octanol–water partition coefficient (Wildman–Crippen LogP) is 3.06. The zero-order chi connectivity index (χ0) is 20.8. The summed E-state index contributed by atoms with van der Waals surface area (Å²) in [5, 5.41) is 0. The van der Waals surface area contributed by atoms with E-state index < -0.39 is 5.41 Å². The van der Waals surface area contributed by atoms with Crippen LogP contribution in [-0.2, 0) is 28.6 Å². The van der Waals surface area contributed by atoms with Gasteiger partial charge in [0.2, 0.25) is 0 Å². The molecule has 5 rings (SSSR count). The first-order valence-electron chi connectivity index (χ1n) is 11.1. The van der Waals surface area contributed by atoms with Crippen LogP contribution in [0.3, 0.4) is 0 Å². The van der Waals surface area contributed by atoms with Crippen molar-refractivity contribution in [1.82, 2.24) is 0 Å². The van der Waals surface area contributed by atoms with Crippen molar-refractivity contribution in [1.29, 1.82) is 0 Å². The van der Waals surface area contributed by atoms with Crippen molar-refractivity contribution in [2.24, 2.45) is 34.5 Å². The van der Waals surface area contributed by atoms with E-state index in [1.807, 2.05) is 0 Å². The van der Waals surface area contributed by atoms with Crippen LogP contribution in [0.25, 0.3) is 0 Å². The molecule has 160 valence electrons. The average Bonchev–Trinajstić information content (AvgIpc) is 3.32. The Morgan fingerprint density at radius 2 is 1.90 bits per heavy atom. The summed E-state index contributed by atoms with van der Waals surface area (Å²) >= 11 is 0. The summed E-state index contributed by atoms with van der Waals surface area (Å²) in [5.41, 5.74) is -0.876. The molecule has 6 nitrogen and oxygen atoms in total. The fourth-order valence-corrected chi connectivity index (χ4v) is 8.30. The number of ketones is 1. The molecule has 1 saturated heterocycles. The first-order chi connectivity index (χ1) is 13.7. The standard InChI is InChI=1S/C23H32O6/c1-12(24)28-14-7-8-21(2)13(9-14)5-6-15-19(21)17(25)11-22(3)16(20(26)27-4)10-18-23(15,22)29-18/h13-16,18-19H,5-11H2,1-4H3/t13-,14-,15-,16-,18+,19-,21+,22-,23+/m1/s1. The lowest BCUT2D eigenvalue weighted by atomic mass is 9.44. The highest BCUT2D eigenvalue weighted by Crippen LogP contribution is 2.75. The van der Waals surface area contributed by atoms with Crippen molar-refractivity contribution in [3.05, 3.63) is 0 Å². The number of Topliss-reactive ketones (excluding diaryl/α,β-unsaturated/α-hetero) is 1. The number of ether oxygens (including phenoxy) is 3. The number of esters is 2. The van der Waals surface area contributed by atoms with E-state index in [9.17, 15) is 14.4 Å². The molecule has 1 heterocycles. The molecule has 0 unspecified atom stereocenters. The maximum Gasteiger partial charge on any atom is 0.309 e. The van der Waals surface area contributed by atoms with Gasteiger partial charge in [0.25, 0.3) is 0 Å². The highest BCUT2D eigenvalue weighted by Gasteiger charge is 2.83. The summed E-state index contributed by atoms with van der Waals surface area (Å²) in [5.74, 6) is 0.184. The zero-order valence-corrected chi connectivity index (χ0v) is 17.9. The Labute approximate surface area is 172 Å². The smallest absolute Gasteiger partial charge is 0.309 e. The molecule has 1 aliphatic heterocycles. The molecule has 0 amide bonds. The monoisotopic (exact) mass is 404 g/mol. The topological polar surface area (TPSA) is 82.2 Å². The lowest BCUT2D eigenvalue weighted by Crippen LogP contribution is -2.62. The van der Waals surface area contributed by atoms with Crippen LogP contribution in [0, 0.1) is 34.5 Å². The Hall–Kier alpha value is -1.43. The first-order valence-corrected chi connectivity index (χ1v) is 11.1. The third kappa shape index (κ3) is 2.35. The van der Waals surface area contributed by atoms with Crippen molar-refractivity contribution < 1.29 is 28.6 Å². The molecule has 0 bridgehead atoms. The Morgan fingerprint density at radius 3 is 2.59 bits per heavy atom. The van der Waals surface area contributed by atoms with Crippen LogP contribution >= 0.6 is 0 Å². The maximum atomic E-state index is 13.6. The molecular formula is C23H32O6. The third-order valence-corrected chi connectivity index (χ3v) is 9.55. The van der Waals surface area contributed by atoms with E-state index in [0.717, 1.165) is 32.1 Å². The van der Waals surface area contributed by atoms with Crippen molar-refractivity contribution in [2.45, 2.75) is 83.5 Å². The van der Waals surface area contributed by atoms with E-state index in [4.69, 9.17) is 14.2 Å². The summed E-state index contributed by atoms with van der Waals surface area (Å²) in [6, 6.07) is 0. The van der Waals surface area contributed by atoms with Gasteiger partial charge in [-0.3, -0.25) is 14.4 Å². The van der Waals surface area contributed by atoms with Gasteiger partial charge in [0, 0.05) is 30.6 Å². The van der Waals surface area contributed by atoms with Crippen LogP contribution in [0.4, 0.5) is 0 Å². The third-order valence-electron chi connectivity index (χ3n) is 9.55. The summed E-state index contributed by atoms with van der Waals surface area (Å²) in [7, 11) is 1.43. The van der Waals surface area contributed by atoms with E-state index in [1.54, 1.807) is 0 Å². The summed E-state index contributed by atoms with van der Waals surface area (Å²) in [6.45, 7) is 5.83. The number of hydrogen-bond donors (Lipinski definition) is 0. The number of hydrogen-bond acceptors (Lipinski definition) is 6. The van der Waals surface area contributed by atoms with Gasteiger partial charge in [0.1, 0.15) is 17.5 Å². The van der Waals surface area contributed by atoms with Gasteiger partial charge in [0.05, 0.1) is 19.1 Å². The van der Waals surface area contributed by atoms with E-state index in [-0.39, 0.29) is 52.9 Å². The molecule has 5 aliphatic rings. The zero-order valence-electron chi connectivity index (χ0n) is 17.9. The molecule has 0 aromatic carbocycles. The van der Waals surface area contributed by atoms with Crippen LogP contribution in [0.1, 0.15) is 65.7 Å². The quantitative estimate of drug-likeness (QED) is 0.520. The molecule has 9 atom stereocenters. The molecule has 5 fully saturated rings. The second kappa shape index (κ2) is 6.05. The largest absolute Gasteiger partial charge is 0.469 e. The van der Waals surface area contributed by atoms with Gasteiger partial charge < -0.3 is 14.2 Å². The number of methoxy groups -OCH3 is 1. The minimum absolute atomic E-state index is 0.0194. The molecule has 1 spiro atoms. The van der Waals surface area contributed by atoms with Crippen molar-refractivity contribution in [2.75, 3.05) is 7.11 Å². The van der Waals surface area contributed by atoms with Crippen molar-refractivity contribution >= 4 is 17.7 Å². The molecule has 29 heavy (non-hydrogen) atoms. The Bertz CT molecular complexity index is 777. The number of rotatable bonds is 2. The average molecular weight is 405 g/mol. The minimum atomic E-state index is -0.457. The summed E-state index contributed by atoms with van der Waals surface area (Å²) in [4.78, 5) is 37.5. The van der Waals surface area contributed by atoms with Crippen LogP contribution in [0.15, 0.2) is 0 Å². The highest BCUT2D eigenvalue weighted by molar-refractivity contribution is 5.87.